The number of imidazole rings is 1. The van der Waals surface area contributed by atoms with E-state index in [0.29, 0.717) is 29.9 Å². The number of urea groups is 1. The largest absolute Gasteiger partial charge is 0.351 e. The lowest BCUT2D eigenvalue weighted by Gasteiger charge is -2.15. The number of nitrogens with one attached hydrogen (secondary N) is 3. The molecule has 46 heavy (non-hydrogen) atoms. The van der Waals surface area contributed by atoms with Gasteiger partial charge < -0.3 is 15.2 Å². The highest BCUT2D eigenvalue weighted by Gasteiger charge is 2.24. The zero-order chi connectivity index (χ0) is 32.9. The Hall–Kier alpha value is -4.09. The first-order chi connectivity index (χ1) is 22.3. The van der Waals surface area contributed by atoms with Crippen LogP contribution in [0.15, 0.2) is 88.8 Å². The van der Waals surface area contributed by atoms with Crippen molar-refractivity contribution in [2.75, 3.05) is 12.8 Å². The Morgan fingerprint density at radius 3 is 2.22 bits per heavy atom. The summed E-state index contributed by atoms with van der Waals surface area (Å²) in [6.07, 6.45) is 7.75. The van der Waals surface area contributed by atoms with Crippen LogP contribution in [-0.2, 0) is 29.5 Å². The van der Waals surface area contributed by atoms with Crippen molar-refractivity contribution in [1.82, 2.24) is 24.9 Å². The van der Waals surface area contributed by atoms with Crippen LogP contribution in [0.25, 0.3) is 11.1 Å². The molecule has 0 bridgehead atoms. The Labute approximate surface area is 276 Å². The fraction of sp³-hybridized carbons (Fsp3) is 0.343. The number of carbonyl (C=O) groups excluding carboxylic acids is 2. The number of benzene rings is 3. The van der Waals surface area contributed by atoms with Gasteiger partial charge in [0.1, 0.15) is 16.5 Å². The molecule has 3 amide bonds. The van der Waals surface area contributed by atoms with Crippen LogP contribution < -0.4 is 15.4 Å². The average molecular weight is 662 g/mol. The molecule has 0 fully saturated rings. The monoisotopic (exact) mass is 661 g/mol. The van der Waals surface area contributed by atoms with E-state index < -0.39 is 16.1 Å². The van der Waals surface area contributed by atoms with Gasteiger partial charge in [-0.3, -0.25) is 4.79 Å². The Morgan fingerprint density at radius 1 is 0.826 bits per heavy atom. The van der Waals surface area contributed by atoms with Gasteiger partial charge in [0.2, 0.25) is 0 Å². The van der Waals surface area contributed by atoms with E-state index in [1.165, 1.54) is 17.8 Å². The lowest BCUT2D eigenvalue weighted by molar-refractivity contribution is 0.0940. The van der Waals surface area contributed by atoms with Crippen LogP contribution in [0, 0.1) is 0 Å². The molecule has 4 aromatic rings. The Morgan fingerprint density at radius 2 is 1.52 bits per heavy atom. The van der Waals surface area contributed by atoms with E-state index in [1.807, 2.05) is 65.4 Å². The van der Waals surface area contributed by atoms with E-state index in [-0.39, 0.29) is 17.3 Å². The second-order valence-corrected chi connectivity index (χ2v) is 13.5. The first-order valence-corrected chi connectivity index (χ1v) is 18.4. The minimum atomic E-state index is -4.16. The molecular weight excluding hydrogens is 619 g/mol. The van der Waals surface area contributed by atoms with Crippen molar-refractivity contribution in [2.24, 2.45) is 0 Å². The summed E-state index contributed by atoms with van der Waals surface area (Å²) in [4.78, 5) is 30.7. The molecule has 0 saturated carbocycles. The average Bonchev–Trinajstić information content (AvgIpc) is 3.42. The van der Waals surface area contributed by atoms with Crippen molar-refractivity contribution < 1.29 is 18.0 Å². The van der Waals surface area contributed by atoms with Gasteiger partial charge in [0, 0.05) is 31.6 Å². The number of carbonyl (C=O) groups is 2. The van der Waals surface area contributed by atoms with Gasteiger partial charge >= 0.3 is 6.03 Å². The summed E-state index contributed by atoms with van der Waals surface area (Å²) >= 11 is 1.47. The summed E-state index contributed by atoms with van der Waals surface area (Å²) in [6, 6.07) is 22.6. The van der Waals surface area contributed by atoms with E-state index in [9.17, 15) is 18.0 Å². The summed E-state index contributed by atoms with van der Waals surface area (Å²) in [5, 5.41) is 6.40. The molecule has 4 rings (SSSR count). The fourth-order valence-corrected chi connectivity index (χ4v) is 6.85. The summed E-state index contributed by atoms with van der Waals surface area (Å²) < 4.78 is 30.8. The van der Waals surface area contributed by atoms with Gasteiger partial charge in [-0.2, -0.15) is 0 Å². The number of thioether (sulfide) groups is 1. The molecule has 0 aliphatic carbocycles. The molecule has 1 heterocycles. The predicted molar refractivity (Wildman–Crippen MR) is 184 cm³/mol. The minimum Gasteiger partial charge on any atom is -0.351 e. The third kappa shape index (κ3) is 9.23. The third-order valence-electron chi connectivity index (χ3n) is 7.55. The molecule has 9 nitrogen and oxygen atoms in total. The summed E-state index contributed by atoms with van der Waals surface area (Å²) in [5.74, 6) is 0.758. The van der Waals surface area contributed by atoms with Gasteiger partial charge in [0.15, 0.2) is 0 Å². The highest BCUT2D eigenvalue weighted by atomic mass is 32.2. The summed E-state index contributed by atoms with van der Waals surface area (Å²) in [7, 11) is -4.16. The Kier molecular flexibility index (Phi) is 12.9. The molecule has 0 aliphatic heterocycles. The van der Waals surface area contributed by atoms with Crippen LogP contribution in [0.3, 0.4) is 0 Å². The van der Waals surface area contributed by atoms with Crippen molar-refractivity contribution in [2.45, 2.75) is 75.4 Å². The molecule has 11 heteroatoms. The van der Waals surface area contributed by atoms with Gasteiger partial charge in [-0.25, -0.2) is 22.9 Å². The maximum atomic E-state index is 13.4. The number of amides is 3. The van der Waals surface area contributed by atoms with E-state index in [0.717, 1.165) is 60.5 Å². The van der Waals surface area contributed by atoms with E-state index in [4.69, 9.17) is 4.98 Å². The zero-order valence-electron chi connectivity index (χ0n) is 26.7. The van der Waals surface area contributed by atoms with Crippen molar-refractivity contribution in [1.29, 1.82) is 0 Å². The molecular formula is C35H43N5O4S2. The van der Waals surface area contributed by atoms with E-state index >= 15 is 0 Å². The smallest absolute Gasteiger partial charge is 0.328 e. The SMILES string of the molecule is CCCCCNC(=O)c1c(SC)nc(CCCC)n1Cc1ccc(-c2ccccc2S(=O)(=O)NC(=O)NCc2ccccc2)cc1. The molecule has 1 aromatic heterocycles. The molecule has 244 valence electrons. The number of hydrogen-bond donors (Lipinski definition) is 3. The second-order valence-electron chi connectivity index (χ2n) is 11.0. The predicted octanol–water partition coefficient (Wildman–Crippen LogP) is 6.77. The number of aryl methyl sites for hydroxylation is 1. The van der Waals surface area contributed by atoms with Gasteiger partial charge in [-0.05, 0) is 41.9 Å². The van der Waals surface area contributed by atoms with Gasteiger partial charge in [0.05, 0.1) is 4.90 Å². The number of rotatable bonds is 16. The molecule has 0 aliphatic rings. The fourth-order valence-electron chi connectivity index (χ4n) is 5.10. The number of unbranched alkanes of at least 4 members (excludes halogenated alkanes) is 3. The molecule has 0 saturated heterocycles. The second kappa shape index (κ2) is 17.0. The first-order valence-electron chi connectivity index (χ1n) is 15.7. The van der Waals surface area contributed by atoms with Crippen molar-refractivity contribution in [3.8, 4) is 11.1 Å². The lowest BCUT2D eigenvalue weighted by atomic mass is 10.0. The maximum Gasteiger partial charge on any atom is 0.328 e. The number of sulfonamides is 1. The minimum absolute atomic E-state index is 0.000662. The molecule has 0 unspecified atom stereocenters. The zero-order valence-corrected chi connectivity index (χ0v) is 28.3. The van der Waals surface area contributed by atoms with Crippen LogP contribution in [0.5, 0.6) is 0 Å². The molecule has 0 atom stereocenters. The molecule has 3 N–H and O–H groups in total. The van der Waals surface area contributed by atoms with Gasteiger partial charge in [-0.1, -0.05) is 106 Å². The van der Waals surface area contributed by atoms with Crippen LogP contribution in [0.2, 0.25) is 0 Å². The van der Waals surface area contributed by atoms with Crippen LogP contribution in [0.1, 0.15) is 73.4 Å². The molecule has 3 aromatic carbocycles. The van der Waals surface area contributed by atoms with Crippen molar-refractivity contribution >= 4 is 33.7 Å². The van der Waals surface area contributed by atoms with E-state index in [1.54, 1.807) is 18.2 Å². The molecule has 0 radical (unpaired) electrons. The normalized spacial score (nSPS) is 11.3. The number of hydrogen-bond acceptors (Lipinski definition) is 6. The van der Waals surface area contributed by atoms with Crippen molar-refractivity contribution in [3.63, 3.8) is 0 Å². The maximum absolute atomic E-state index is 13.4. The van der Waals surface area contributed by atoms with Gasteiger partial charge in [-0.15, -0.1) is 11.8 Å². The topological polar surface area (TPSA) is 122 Å². The lowest BCUT2D eigenvalue weighted by Crippen LogP contribution is -2.39. The van der Waals surface area contributed by atoms with E-state index in [2.05, 4.69) is 29.2 Å². The first kappa shape index (κ1) is 34.8. The summed E-state index contributed by atoms with van der Waals surface area (Å²) in [6.45, 7) is 5.54. The number of aromatic nitrogens is 2. The summed E-state index contributed by atoms with van der Waals surface area (Å²) in [5.41, 5.74) is 3.54. The highest BCUT2D eigenvalue weighted by molar-refractivity contribution is 7.98. The molecule has 0 spiro atoms. The van der Waals surface area contributed by atoms with Crippen LogP contribution in [-0.4, -0.2) is 42.7 Å². The quantitative estimate of drug-likeness (QED) is 0.0900. The number of nitrogens with zero attached hydrogens (tertiary/aromatic N) is 2. The Bertz CT molecular complexity index is 1700. The van der Waals surface area contributed by atoms with Gasteiger partial charge in [0.25, 0.3) is 15.9 Å². The van der Waals surface area contributed by atoms with Crippen LogP contribution in [0.4, 0.5) is 4.79 Å². The van der Waals surface area contributed by atoms with Crippen LogP contribution >= 0.6 is 11.8 Å². The Balaban J connectivity index is 1.55. The van der Waals surface area contributed by atoms with Crippen molar-refractivity contribution in [3.05, 3.63) is 102 Å². The standard InChI is InChI=1S/C35H43N5O4S2/c1-4-6-13-23-36-33(41)32-34(45-3)38-31(18-7-5-2)40(32)25-27-19-21-28(22-20-27)29-16-11-12-17-30(29)46(43,44)39-35(42)37-24-26-14-9-8-10-15-26/h8-12,14-17,19-22H,4-7,13,18,23-25H2,1-3H3,(H,36,41)(H2,37,39,42). The third-order valence-corrected chi connectivity index (χ3v) is 9.61. The highest BCUT2D eigenvalue weighted by Crippen LogP contribution is 2.29.